The first-order valence-electron chi connectivity index (χ1n) is 5.35. The SMILES string of the molecule is CNC(=O)c1ncn(-c2ccc(N)nc2)c1C(N)=O. The molecule has 0 aromatic carbocycles. The van der Waals surface area contributed by atoms with E-state index in [2.05, 4.69) is 15.3 Å². The van der Waals surface area contributed by atoms with Crippen molar-refractivity contribution in [2.75, 3.05) is 12.8 Å². The van der Waals surface area contributed by atoms with E-state index >= 15 is 0 Å². The van der Waals surface area contributed by atoms with Crippen LogP contribution in [0.1, 0.15) is 21.0 Å². The number of rotatable bonds is 3. The van der Waals surface area contributed by atoms with Crippen molar-refractivity contribution >= 4 is 17.6 Å². The van der Waals surface area contributed by atoms with Crippen LogP contribution in [0.4, 0.5) is 5.82 Å². The van der Waals surface area contributed by atoms with Gasteiger partial charge in [0.1, 0.15) is 17.8 Å². The zero-order valence-corrected chi connectivity index (χ0v) is 10.1. The van der Waals surface area contributed by atoms with E-state index in [1.807, 2.05) is 0 Å². The van der Waals surface area contributed by atoms with Gasteiger partial charge < -0.3 is 16.8 Å². The van der Waals surface area contributed by atoms with Crippen LogP contribution in [-0.4, -0.2) is 33.4 Å². The van der Waals surface area contributed by atoms with Crippen molar-refractivity contribution in [3.8, 4) is 5.69 Å². The number of amides is 2. The Labute approximate surface area is 108 Å². The van der Waals surface area contributed by atoms with E-state index in [0.717, 1.165) is 0 Å². The van der Waals surface area contributed by atoms with E-state index in [9.17, 15) is 9.59 Å². The molecule has 0 aliphatic carbocycles. The molecule has 0 aliphatic heterocycles. The summed E-state index contributed by atoms with van der Waals surface area (Å²) in [7, 11) is 1.44. The Bertz CT molecular complexity index is 631. The highest BCUT2D eigenvalue weighted by atomic mass is 16.2. The number of hydrogen-bond donors (Lipinski definition) is 3. The first-order valence-corrected chi connectivity index (χ1v) is 5.35. The highest BCUT2D eigenvalue weighted by Crippen LogP contribution is 2.14. The molecular weight excluding hydrogens is 248 g/mol. The van der Waals surface area contributed by atoms with Gasteiger partial charge in [0.05, 0.1) is 11.9 Å². The third-order valence-electron chi connectivity index (χ3n) is 2.49. The van der Waals surface area contributed by atoms with Gasteiger partial charge >= 0.3 is 0 Å². The van der Waals surface area contributed by atoms with Crippen molar-refractivity contribution in [2.24, 2.45) is 5.73 Å². The van der Waals surface area contributed by atoms with Gasteiger partial charge in [-0.25, -0.2) is 9.97 Å². The van der Waals surface area contributed by atoms with Crippen LogP contribution in [0.3, 0.4) is 0 Å². The highest BCUT2D eigenvalue weighted by molar-refractivity contribution is 6.04. The molecule has 0 atom stereocenters. The Morgan fingerprint density at radius 1 is 1.32 bits per heavy atom. The van der Waals surface area contributed by atoms with Gasteiger partial charge in [0, 0.05) is 7.05 Å². The van der Waals surface area contributed by atoms with Gasteiger partial charge in [-0.2, -0.15) is 0 Å². The maximum absolute atomic E-state index is 11.6. The lowest BCUT2D eigenvalue weighted by atomic mass is 10.2. The van der Waals surface area contributed by atoms with Crippen molar-refractivity contribution in [3.63, 3.8) is 0 Å². The summed E-state index contributed by atoms with van der Waals surface area (Å²) in [5.41, 5.74) is 11.3. The molecular formula is C11H12N6O2. The second-order valence-corrected chi connectivity index (χ2v) is 3.70. The zero-order chi connectivity index (χ0) is 14.0. The number of imidazole rings is 1. The molecule has 0 aliphatic rings. The minimum Gasteiger partial charge on any atom is -0.384 e. The Morgan fingerprint density at radius 3 is 2.58 bits per heavy atom. The lowest BCUT2D eigenvalue weighted by Crippen LogP contribution is -2.25. The van der Waals surface area contributed by atoms with Crippen LogP contribution in [-0.2, 0) is 0 Å². The first kappa shape index (κ1) is 12.6. The van der Waals surface area contributed by atoms with Crippen LogP contribution in [0.15, 0.2) is 24.7 Å². The largest absolute Gasteiger partial charge is 0.384 e. The summed E-state index contributed by atoms with van der Waals surface area (Å²) in [6.07, 6.45) is 2.79. The smallest absolute Gasteiger partial charge is 0.272 e. The number of nitrogens with two attached hydrogens (primary N) is 2. The fraction of sp³-hybridized carbons (Fsp3) is 0.0909. The fourth-order valence-corrected chi connectivity index (χ4v) is 1.60. The molecule has 0 unspecified atom stereocenters. The molecule has 8 nitrogen and oxygen atoms in total. The molecule has 19 heavy (non-hydrogen) atoms. The monoisotopic (exact) mass is 260 g/mol. The van der Waals surface area contributed by atoms with Crippen molar-refractivity contribution < 1.29 is 9.59 Å². The summed E-state index contributed by atoms with van der Waals surface area (Å²) < 4.78 is 1.39. The van der Waals surface area contributed by atoms with Gasteiger partial charge in [0.2, 0.25) is 0 Å². The topological polar surface area (TPSA) is 129 Å². The molecule has 0 radical (unpaired) electrons. The maximum Gasteiger partial charge on any atom is 0.272 e. The number of hydrogen-bond acceptors (Lipinski definition) is 5. The molecule has 98 valence electrons. The minimum atomic E-state index is -0.757. The van der Waals surface area contributed by atoms with E-state index in [0.29, 0.717) is 11.5 Å². The van der Waals surface area contributed by atoms with Crippen molar-refractivity contribution in [1.82, 2.24) is 19.9 Å². The van der Waals surface area contributed by atoms with Crippen LogP contribution in [0.25, 0.3) is 5.69 Å². The van der Waals surface area contributed by atoms with Gasteiger partial charge in [-0.3, -0.25) is 14.2 Å². The highest BCUT2D eigenvalue weighted by Gasteiger charge is 2.22. The standard InChI is InChI=1S/C11H12N6O2/c1-14-11(19)8-9(10(13)18)17(5-16-8)6-2-3-7(12)15-4-6/h2-5H,1H3,(H2,12,15)(H2,13,18)(H,14,19). The molecule has 2 rings (SSSR count). The lowest BCUT2D eigenvalue weighted by molar-refractivity contribution is 0.0937. The molecule has 0 fully saturated rings. The van der Waals surface area contributed by atoms with Crippen molar-refractivity contribution in [3.05, 3.63) is 36.0 Å². The summed E-state index contributed by atoms with van der Waals surface area (Å²) in [5, 5.41) is 2.39. The molecule has 0 saturated carbocycles. The van der Waals surface area contributed by atoms with Crippen LogP contribution in [0, 0.1) is 0 Å². The predicted molar refractivity (Wildman–Crippen MR) is 67.7 cm³/mol. The average molecular weight is 260 g/mol. The number of carbonyl (C=O) groups is 2. The summed E-state index contributed by atoms with van der Waals surface area (Å²) in [4.78, 5) is 30.9. The Balaban J connectivity index is 2.58. The van der Waals surface area contributed by atoms with Gasteiger partial charge in [0.15, 0.2) is 5.69 Å². The number of pyridine rings is 1. The number of nitrogens with zero attached hydrogens (tertiary/aromatic N) is 3. The molecule has 2 aromatic heterocycles. The quantitative estimate of drug-likeness (QED) is 0.672. The van der Waals surface area contributed by atoms with Gasteiger partial charge in [-0.1, -0.05) is 0 Å². The van der Waals surface area contributed by atoms with Crippen LogP contribution >= 0.6 is 0 Å². The zero-order valence-electron chi connectivity index (χ0n) is 10.1. The van der Waals surface area contributed by atoms with E-state index < -0.39 is 11.8 Å². The Morgan fingerprint density at radius 2 is 2.05 bits per heavy atom. The van der Waals surface area contributed by atoms with E-state index in [1.54, 1.807) is 12.1 Å². The number of aromatic nitrogens is 3. The summed E-state index contributed by atoms with van der Waals surface area (Å²) in [5.74, 6) is -0.903. The lowest BCUT2D eigenvalue weighted by Gasteiger charge is -2.06. The second kappa shape index (κ2) is 4.77. The molecule has 8 heteroatoms. The van der Waals surface area contributed by atoms with Crippen molar-refractivity contribution in [2.45, 2.75) is 0 Å². The molecule has 0 saturated heterocycles. The van der Waals surface area contributed by atoms with E-state index in [1.165, 1.54) is 24.1 Å². The first-order chi connectivity index (χ1) is 9.04. The molecule has 0 bridgehead atoms. The van der Waals surface area contributed by atoms with Gasteiger partial charge in [-0.15, -0.1) is 0 Å². The normalized spacial score (nSPS) is 10.2. The molecule has 2 aromatic rings. The second-order valence-electron chi connectivity index (χ2n) is 3.70. The number of primary amides is 1. The van der Waals surface area contributed by atoms with E-state index in [4.69, 9.17) is 11.5 Å². The van der Waals surface area contributed by atoms with Crippen molar-refractivity contribution in [1.29, 1.82) is 0 Å². The summed E-state index contributed by atoms with van der Waals surface area (Å²) >= 11 is 0. The van der Waals surface area contributed by atoms with Gasteiger partial charge in [0.25, 0.3) is 11.8 Å². The van der Waals surface area contributed by atoms with Gasteiger partial charge in [-0.05, 0) is 12.1 Å². The fourth-order valence-electron chi connectivity index (χ4n) is 1.60. The van der Waals surface area contributed by atoms with Crippen LogP contribution in [0.2, 0.25) is 0 Å². The molecule has 2 heterocycles. The number of nitrogens with one attached hydrogen (secondary N) is 1. The number of anilines is 1. The number of nitrogen functional groups attached to an aromatic ring is 1. The summed E-state index contributed by atoms with van der Waals surface area (Å²) in [6.45, 7) is 0. The molecule has 0 spiro atoms. The third-order valence-corrected chi connectivity index (χ3v) is 2.49. The van der Waals surface area contributed by atoms with Crippen LogP contribution < -0.4 is 16.8 Å². The molecule has 2 amide bonds. The third kappa shape index (κ3) is 2.23. The number of carbonyl (C=O) groups excluding carboxylic acids is 2. The average Bonchev–Trinajstić information content (AvgIpc) is 2.83. The Hall–Kier alpha value is -2.90. The predicted octanol–water partition coefficient (Wildman–Crippen LogP) is -0.692. The van der Waals surface area contributed by atoms with E-state index in [-0.39, 0.29) is 11.4 Å². The minimum absolute atomic E-state index is 0.00841. The maximum atomic E-state index is 11.6. The molecule has 5 N–H and O–H groups in total. The summed E-state index contributed by atoms with van der Waals surface area (Å²) in [6, 6.07) is 3.21. The van der Waals surface area contributed by atoms with Crippen LogP contribution in [0.5, 0.6) is 0 Å². The Kier molecular flexibility index (Phi) is 3.15.